The highest BCUT2D eigenvalue weighted by molar-refractivity contribution is 5.95. The molecule has 0 spiro atoms. The van der Waals surface area contributed by atoms with Crippen LogP contribution in [0.25, 0.3) is 0 Å². The monoisotopic (exact) mass is 257 g/mol. The van der Waals surface area contributed by atoms with Crippen molar-refractivity contribution in [3.05, 3.63) is 29.8 Å². The fourth-order valence-corrected chi connectivity index (χ4v) is 1.85. The normalized spacial score (nSPS) is 14.1. The van der Waals surface area contributed by atoms with Crippen LogP contribution >= 0.6 is 0 Å². The molecule has 0 aliphatic heterocycles. The minimum absolute atomic E-state index is 0.0356. The van der Waals surface area contributed by atoms with E-state index in [1.54, 1.807) is 24.3 Å². The first kappa shape index (κ1) is 13.1. The number of carbonyl (C=O) groups is 2. The van der Waals surface area contributed by atoms with Gasteiger partial charge in [0.05, 0.1) is 18.2 Å². The molecule has 1 aliphatic carbocycles. The number of hydrogen-bond acceptors (Lipinski definition) is 3. The van der Waals surface area contributed by atoms with Gasteiger partial charge in [-0.25, -0.2) is 0 Å². The average Bonchev–Trinajstić information content (AvgIpc) is 2.34. The lowest BCUT2D eigenvalue weighted by atomic mass is 9.85. The van der Waals surface area contributed by atoms with Gasteiger partial charge in [0.15, 0.2) is 0 Å². The van der Waals surface area contributed by atoms with Crippen molar-refractivity contribution < 1.29 is 9.59 Å². The van der Waals surface area contributed by atoms with Gasteiger partial charge in [-0.2, -0.15) is 5.26 Å². The van der Waals surface area contributed by atoms with Crippen LogP contribution in [0.15, 0.2) is 24.3 Å². The van der Waals surface area contributed by atoms with Crippen molar-refractivity contribution in [2.45, 2.75) is 19.3 Å². The molecule has 5 heteroatoms. The van der Waals surface area contributed by atoms with E-state index in [2.05, 4.69) is 10.6 Å². The van der Waals surface area contributed by atoms with Gasteiger partial charge in [0.25, 0.3) is 0 Å². The Morgan fingerprint density at radius 3 is 2.79 bits per heavy atom. The van der Waals surface area contributed by atoms with E-state index in [4.69, 9.17) is 5.26 Å². The van der Waals surface area contributed by atoms with Gasteiger partial charge in [-0.1, -0.05) is 12.5 Å². The summed E-state index contributed by atoms with van der Waals surface area (Å²) >= 11 is 0. The predicted octanol–water partition coefficient (Wildman–Crippen LogP) is 1.41. The van der Waals surface area contributed by atoms with Crippen LogP contribution in [0, 0.1) is 17.2 Å². The van der Waals surface area contributed by atoms with Gasteiger partial charge >= 0.3 is 0 Å². The summed E-state index contributed by atoms with van der Waals surface area (Å²) in [6, 6.07) is 8.65. The molecule has 19 heavy (non-hydrogen) atoms. The lowest BCUT2D eigenvalue weighted by Crippen LogP contribution is -2.39. The fraction of sp³-hybridized carbons (Fsp3) is 0.357. The summed E-state index contributed by atoms with van der Waals surface area (Å²) in [6.45, 7) is -0.0356. The largest absolute Gasteiger partial charge is 0.347 e. The Bertz CT molecular complexity index is 530. The molecule has 1 aromatic rings. The zero-order valence-corrected chi connectivity index (χ0v) is 10.5. The first-order valence-corrected chi connectivity index (χ1v) is 6.27. The zero-order valence-electron chi connectivity index (χ0n) is 10.5. The molecule has 0 bridgehead atoms. The number of benzene rings is 1. The van der Waals surface area contributed by atoms with Crippen molar-refractivity contribution in [3.63, 3.8) is 0 Å². The van der Waals surface area contributed by atoms with Crippen molar-refractivity contribution in [1.82, 2.24) is 5.32 Å². The molecule has 0 unspecified atom stereocenters. The van der Waals surface area contributed by atoms with E-state index in [1.165, 1.54) is 0 Å². The molecule has 1 fully saturated rings. The molecule has 2 amide bonds. The third-order valence-corrected chi connectivity index (χ3v) is 3.17. The minimum Gasteiger partial charge on any atom is -0.347 e. The topological polar surface area (TPSA) is 82.0 Å². The molecule has 2 rings (SSSR count). The Morgan fingerprint density at radius 2 is 2.16 bits per heavy atom. The first-order valence-electron chi connectivity index (χ1n) is 6.27. The van der Waals surface area contributed by atoms with Gasteiger partial charge in [0.2, 0.25) is 11.8 Å². The lowest BCUT2D eigenvalue weighted by Gasteiger charge is -2.23. The standard InChI is InChI=1S/C14H15N3O2/c15-8-10-3-1-6-12(7-10)17-13(18)9-16-14(19)11-4-2-5-11/h1,3,6-7,11H,2,4-5,9H2,(H,16,19)(H,17,18). The van der Waals surface area contributed by atoms with Gasteiger partial charge in [-0.3, -0.25) is 9.59 Å². The van der Waals surface area contributed by atoms with E-state index in [9.17, 15) is 9.59 Å². The van der Waals surface area contributed by atoms with Crippen molar-refractivity contribution in [3.8, 4) is 6.07 Å². The number of carbonyl (C=O) groups excluding carboxylic acids is 2. The molecule has 1 aromatic carbocycles. The molecular formula is C14H15N3O2. The summed E-state index contributed by atoms with van der Waals surface area (Å²) < 4.78 is 0. The molecule has 1 saturated carbocycles. The highest BCUT2D eigenvalue weighted by Gasteiger charge is 2.25. The Morgan fingerprint density at radius 1 is 1.37 bits per heavy atom. The maximum absolute atomic E-state index is 11.6. The lowest BCUT2D eigenvalue weighted by molar-refractivity contribution is -0.129. The second-order valence-corrected chi connectivity index (χ2v) is 4.59. The SMILES string of the molecule is N#Cc1cccc(NC(=O)CNC(=O)C2CCC2)c1. The highest BCUT2D eigenvalue weighted by atomic mass is 16.2. The summed E-state index contributed by atoms with van der Waals surface area (Å²) in [5, 5.41) is 14.0. The maximum Gasteiger partial charge on any atom is 0.243 e. The molecule has 98 valence electrons. The Balaban J connectivity index is 1.80. The van der Waals surface area contributed by atoms with Gasteiger partial charge in [0, 0.05) is 11.6 Å². The Hall–Kier alpha value is -2.35. The Kier molecular flexibility index (Phi) is 4.14. The number of amides is 2. The van der Waals surface area contributed by atoms with Crippen LogP contribution in [-0.2, 0) is 9.59 Å². The number of nitrogens with zero attached hydrogens (tertiary/aromatic N) is 1. The van der Waals surface area contributed by atoms with Crippen molar-refractivity contribution in [1.29, 1.82) is 5.26 Å². The van der Waals surface area contributed by atoms with Crippen molar-refractivity contribution in [2.24, 2.45) is 5.92 Å². The molecule has 0 atom stereocenters. The van der Waals surface area contributed by atoms with Crippen molar-refractivity contribution in [2.75, 3.05) is 11.9 Å². The van der Waals surface area contributed by atoms with Crippen LogP contribution in [0.3, 0.4) is 0 Å². The summed E-state index contributed by atoms with van der Waals surface area (Å²) in [7, 11) is 0. The zero-order chi connectivity index (χ0) is 13.7. The average molecular weight is 257 g/mol. The van der Waals surface area contributed by atoms with Crippen LogP contribution in [0.5, 0.6) is 0 Å². The number of anilines is 1. The molecule has 1 aliphatic rings. The summed E-state index contributed by atoms with van der Waals surface area (Å²) in [5.41, 5.74) is 1.04. The third kappa shape index (κ3) is 3.55. The van der Waals surface area contributed by atoms with E-state index >= 15 is 0 Å². The van der Waals surface area contributed by atoms with Crippen LogP contribution in [0.4, 0.5) is 5.69 Å². The molecule has 2 N–H and O–H groups in total. The number of hydrogen-bond donors (Lipinski definition) is 2. The number of nitrogens with one attached hydrogen (secondary N) is 2. The van der Waals surface area contributed by atoms with E-state index in [-0.39, 0.29) is 24.3 Å². The van der Waals surface area contributed by atoms with Gasteiger partial charge < -0.3 is 10.6 Å². The van der Waals surface area contributed by atoms with Crippen LogP contribution < -0.4 is 10.6 Å². The van der Waals surface area contributed by atoms with Gasteiger partial charge in [0.1, 0.15) is 0 Å². The van der Waals surface area contributed by atoms with Crippen LogP contribution in [0.2, 0.25) is 0 Å². The summed E-state index contributed by atoms with van der Waals surface area (Å²) in [4.78, 5) is 23.2. The smallest absolute Gasteiger partial charge is 0.243 e. The van der Waals surface area contributed by atoms with Crippen molar-refractivity contribution >= 4 is 17.5 Å². The van der Waals surface area contributed by atoms with E-state index < -0.39 is 0 Å². The fourth-order valence-electron chi connectivity index (χ4n) is 1.85. The number of rotatable bonds is 4. The summed E-state index contributed by atoms with van der Waals surface area (Å²) in [5.74, 6) is -0.260. The summed E-state index contributed by atoms with van der Waals surface area (Å²) in [6.07, 6.45) is 2.92. The first-order chi connectivity index (χ1) is 9.19. The van der Waals surface area contributed by atoms with Gasteiger partial charge in [-0.15, -0.1) is 0 Å². The second-order valence-electron chi connectivity index (χ2n) is 4.59. The van der Waals surface area contributed by atoms with Crippen LogP contribution in [0.1, 0.15) is 24.8 Å². The molecule has 0 aromatic heterocycles. The minimum atomic E-state index is -0.289. The van der Waals surface area contributed by atoms with E-state index in [0.717, 1.165) is 19.3 Å². The molecule has 0 saturated heterocycles. The molecule has 0 radical (unpaired) electrons. The van der Waals surface area contributed by atoms with Gasteiger partial charge in [-0.05, 0) is 31.0 Å². The van der Waals surface area contributed by atoms with E-state index in [1.807, 2.05) is 6.07 Å². The molecule has 0 heterocycles. The van der Waals surface area contributed by atoms with Crippen LogP contribution in [-0.4, -0.2) is 18.4 Å². The number of nitriles is 1. The third-order valence-electron chi connectivity index (χ3n) is 3.17. The highest BCUT2D eigenvalue weighted by Crippen LogP contribution is 2.25. The predicted molar refractivity (Wildman–Crippen MR) is 70.1 cm³/mol. The van der Waals surface area contributed by atoms with E-state index in [0.29, 0.717) is 11.3 Å². The quantitative estimate of drug-likeness (QED) is 0.855. The maximum atomic E-state index is 11.6. The molecular weight excluding hydrogens is 242 g/mol. The second kappa shape index (κ2) is 6.01. The Labute approximate surface area is 111 Å². The molecule has 5 nitrogen and oxygen atoms in total.